The Morgan fingerprint density at radius 2 is 2.00 bits per heavy atom. The first-order chi connectivity index (χ1) is 8.83. The van der Waals surface area contributed by atoms with E-state index in [9.17, 15) is 0 Å². The largest absolute Gasteiger partial charge is 0.364 e. The number of rotatable bonds is 3. The second-order valence-corrected chi connectivity index (χ2v) is 5.09. The zero-order valence-corrected chi connectivity index (χ0v) is 10.9. The van der Waals surface area contributed by atoms with E-state index < -0.39 is 0 Å². The van der Waals surface area contributed by atoms with Gasteiger partial charge in [0.05, 0.1) is 11.6 Å². The van der Waals surface area contributed by atoms with Crippen molar-refractivity contribution in [2.45, 2.75) is 13.0 Å². The van der Waals surface area contributed by atoms with Crippen LogP contribution < -0.4 is 5.32 Å². The minimum Gasteiger partial charge on any atom is -0.364 e. The van der Waals surface area contributed by atoms with Crippen molar-refractivity contribution in [1.82, 2.24) is 4.98 Å². The van der Waals surface area contributed by atoms with Crippen LogP contribution in [0, 0.1) is 0 Å². The molecule has 3 heteroatoms. The van der Waals surface area contributed by atoms with E-state index in [4.69, 9.17) is 0 Å². The summed E-state index contributed by atoms with van der Waals surface area (Å²) in [5, 5.41) is 8.87. The Hall–Kier alpha value is -1.87. The number of fused-ring (bicyclic) bond motifs is 1. The van der Waals surface area contributed by atoms with E-state index in [0.717, 1.165) is 11.3 Å². The monoisotopic (exact) mass is 254 g/mol. The summed E-state index contributed by atoms with van der Waals surface area (Å²) in [5.41, 5.74) is 2.33. The molecule has 3 rings (SSSR count). The van der Waals surface area contributed by atoms with Crippen molar-refractivity contribution in [3.05, 3.63) is 58.8 Å². The number of aromatic nitrogens is 1. The molecule has 1 atom stereocenters. The number of nitrogens with one attached hydrogen (secondary N) is 1. The third-order valence-corrected chi connectivity index (χ3v) is 3.71. The van der Waals surface area contributed by atoms with Crippen LogP contribution in [0.5, 0.6) is 0 Å². The lowest BCUT2D eigenvalue weighted by atomic mass is 10.2. The fourth-order valence-corrected chi connectivity index (χ4v) is 2.73. The zero-order chi connectivity index (χ0) is 12.4. The maximum Gasteiger partial charge on any atom is 0.127 e. The highest BCUT2D eigenvalue weighted by atomic mass is 32.1. The Bertz CT molecular complexity index is 646. The lowest BCUT2D eigenvalue weighted by molar-refractivity contribution is 0.882. The highest BCUT2D eigenvalue weighted by molar-refractivity contribution is 7.07. The van der Waals surface area contributed by atoms with Crippen LogP contribution in [0.4, 0.5) is 5.82 Å². The van der Waals surface area contributed by atoms with E-state index in [0.29, 0.717) is 0 Å². The van der Waals surface area contributed by atoms with Crippen LogP contribution in [-0.2, 0) is 0 Å². The predicted octanol–water partition coefficient (Wildman–Crippen LogP) is 4.47. The quantitative estimate of drug-likeness (QED) is 0.746. The van der Waals surface area contributed by atoms with Crippen molar-refractivity contribution in [3.8, 4) is 0 Å². The van der Waals surface area contributed by atoms with Crippen molar-refractivity contribution in [2.75, 3.05) is 5.32 Å². The predicted molar refractivity (Wildman–Crippen MR) is 78.1 cm³/mol. The minimum atomic E-state index is 0.282. The summed E-state index contributed by atoms with van der Waals surface area (Å²) in [5.74, 6) is 0.924. The molecule has 1 N–H and O–H groups in total. The van der Waals surface area contributed by atoms with Crippen molar-refractivity contribution < 1.29 is 0 Å². The lowest BCUT2D eigenvalue weighted by Gasteiger charge is -2.13. The molecule has 0 aliphatic heterocycles. The molecule has 0 aliphatic carbocycles. The Morgan fingerprint density at radius 3 is 2.83 bits per heavy atom. The number of hydrogen-bond donors (Lipinski definition) is 1. The molecule has 0 aliphatic rings. The van der Waals surface area contributed by atoms with Gasteiger partial charge in [0.25, 0.3) is 0 Å². The molecule has 2 aromatic heterocycles. The van der Waals surface area contributed by atoms with Gasteiger partial charge in [-0.2, -0.15) is 11.3 Å². The van der Waals surface area contributed by atoms with Crippen LogP contribution >= 0.6 is 11.3 Å². The molecule has 0 amide bonds. The van der Waals surface area contributed by atoms with Crippen molar-refractivity contribution >= 4 is 28.1 Å². The Balaban J connectivity index is 1.86. The highest BCUT2D eigenvalue weighted by Gasteiger charge is 2.06. The summed E-state index contributed by atoms with van der Waals surface area (Å²) >= 11 is 1.72. The van der Waals surface area contributed by atoms with Crippen LogP contribution in [0.2, 0.25) is 0 Å². The second-order valence-electron chi connectivity index (χ2n) is 4.31. The molecule has 2 nitrogen and oxygen atoms in total. The Morgan fingerprint density at radius 1 is 1.11 bits per heavy atom. The van der Waals surface area contributed by atoms with Crippen molar-refractivity contribution in [1.29, 1.82) is 0 Å². The molecule has 3 aromatic rings. The van der Waals surface area contributed by atoms with Gasteiger partial charge in [-0.15, -0.1) is 0 Å². The minimum absolute atomic E-state index is 0.282. The molecule has 0 saturated carbocycles. The van der Waals surface area contributed by atoms with E-state index in [-0.39, 0.29) is 6.04 Å². The van der Waals surface area contributed by atoms with Gasteiger partial charge in [-0.1, -0.05) is 18.2 Å². The molecule has 2 heterocycles. The summed E-state index contributed by atoms with van der Waals surface area (Å²) in [4.78, 5) is 4.62. The number of anilines is 1. The SMILES string of the molecule is CC(Nc1ccc2ccccc2n1)c1ccsc1. The van der Waals surface area contributed by atoms with Gasteiger partial charge >= 0.3 is 0 Å². The van der Waals surface area contributed by atoms with Crippen molar-refractivity contribution in [2.24, 2.45) is 0 Å². The maximum absolute atomic E-state index is 4.62. The normalized spacial score (nSPS) is 12.5. The molecule has 90 valence electrons. The van der Waals surface area contributed by atoms with Gasteiger partial charge in [0, 0.05) is 5.39 Å². The van der Waals surface area contributed by atoms with Gasteiger partial charge in [0.2, 0.25) is 0 Å². The number of nitrogens with zero attached hydrogens (tertiary/aromatic N) is 1. The standard InChI is InChI=1S/C15H14N2S/c1-11(13-8-9-18-10-13)16-15-7-6-12-4-2-3-5-14(12)17-15/h2-11H,1H3,(H,16,17). The molecule has 1 aromatic carbocycles. The van der Waals surface area contributed by atoms with E-state index in [1.165, 1.54) is 10.9 Å². The number of benzene rings is 1. The fourth-order valence-electron chi connectivity index (χ4n) is 1.97. The van der Waals surface area contributed by atoms with Crippen molar-refractivity contribution in [3.63, 3.8) is 0 Å². The van der Waals surface area contributed by atoms with Gasteiger partial charge in [0.15, 0.2) is 0 Å². The van der Waals surface area contributed by atoms with Gasteiger partial charge in [0.1, 0.15) is 5.82 Å². The topological polar surface area (TPSA) is 24.9 Å². The van der Waals surface area contributed by atoms with Crippen LogP contribution in [0.25, 0.3) is 10.9 Å². The molecular weight excluding hydrogens is 240 g/mol. The van der Waals surface area contributed by atoms with Crippen LogP contribution in [0.15, 0.2) is 53.2 Å². The van der Waals surface area contributed by atoms with E-state index in [1.807, 2.05) is 24.3 Å². The Kier molecular flexibility index (Phi) is 2.99. The van der Waals surface area contributed by atoms with Gasteiger partial charge < -0.3 is 5.32 Å². The molecule has 0 bridgehead atoms. The summed E-state index contributed by atoms with van der Waals surface area (Å²) in [7, 11) is 0. The number of thiophene rings is 1. The molecule has 0 radical (unpaired) electrons. The third-order valence-electron chi connectivity index (χ3n) is 3.01. The van der Waals surface area contributed by atoms with Crippen LogP contribution in [0.3, 0.4) is 0 Å². The summed E-state index contributed by atoms with van der Waals surface area (Å²) < 4.78 is 0. The average molecular weight is 254 g/mol. The fraction of sp³-hybridized carbons (Fsp3) is 0.133. The van der Waals surface area contributed by atoms with E-state index in [2.05, 4.69) is 46.2 Å². The lowest BCUT2D eigenvalue weighted by Crippen LogP contribution is -2.06. The van der Waals surface area contributed by atoms with E-state index >= 15 is 0 Å². The molecule has 18 heavy (non-hydrogen) atoms. The van der Waals surface area contributed by atoms with Gasteiger partial charge in [-0.25, -0.2) is 4.98 Å². The first-order valence-electron chi connectivity index (χ1n) is 5.97. The molecule has 0 fully saturated rings. The number of para-hydroxylation sites is 1. The van der Waals surface area contributed by atoms with Gasteiger partial charge in [-0.3, -0.25) is 0 Å². The van der Waals surface area contributed by atoms with E-state index in [1.54, 1.807) is 11.3 Å². The average Bonchev–Trinajstić information content (AvgIpc) is 2.92. The third kappa shape index (κ3) is 2.22. The number of pyridine rings is 1. The summed E-state index contributed by atoms with van der Waals surface area (Å²) in [6, 6.07) is 14.7. The first-order valence-corrected chi connectivity index (χ1v) is 6.91. The summed E-state index contributed by atoms with van der Waals surface area (Å²) in [6.07, 6.45) is 0. The summed E-state index contributed by atoms with van der Waals surface area (Å²) in [6.45, 7) is 2.15. The van der Waals surface area contributed by atoms with Crippen LogP contribution in [0.1, 0.15) is 18.5 Å². The first kappa shape index (κ1) is 11.2. The smallest absolute Gasteiger partial charge is 0.127 e. The molecule has 1 unspecified atom stereocenters. The van der Waals surface area contributed by atoms with Crippen LogP contribution in [-0.4, -0.2) is 4.98 Å². The molecule has 0 spiro atoms. The van der Waals surface area contributed by atoms with Gasteiger partial charge in [-0.05, 0) is 47.5 Å². The Labute approximate surface area is 110 Å². The second kappa shape index (κ2) is 4.78. The number of hydrogen-bond acceptors (Lipinski definition) is 3. The molecular formula is C15H14N2S. The highest BCUT2D eigenvalue weighted by Crippen LogP contribution is 2.21. The zero-order valence-electron chi connectivity index (χ0n) is 10.1. The molecule has 0 saturated heterocycles. The maximum atomic E-state index is 4.62.